The largest absolute Gasteiger partial charge is 0.493 e. The number of thiocarbonyl (C=S) groups is 1. The Morgan fingerprint density at radius 1 is 1.00 bits per heavy atom. The lowest BCUT2D eigenvalue weighted by molar-refractivity contribution is -0.384. The Morgan fingerprint density at radius 3 is 2.13 bits per heavy atom. The van der Waals surface area contributed by atoms with Gasteiger partial charge in [-0.1, -0.05) is 0 Å². The first-order valence-electron chi connectivity index (χ1n) is 6.58. The molecule has 2 aromatic carbocycles. The van der Waals surface area contributed by atoms with E-state index >= 15 is 0 Å². The van der Waals surface area contributed by atoms with E-state index < -0.39 is 4.92 Å². The zero-order valence-corrected chi connectivity index (χ0v) is 13.3. The molecule has 2 rings (SSSR count). The van der Waals surface area contributed by atoms with Crippen LogP contribution in [0.2, 0.25) is 0 Å². The van der Waals surface area contributed by atoms with E-state index in [9.17, 15) is 10.1 Å². The summed E-state index contributed by atoms with van der Waals surface area (Å²) >= 11 is 5.22. The smallest absolute Gasteiger partial charge is 0.269 e. The molecule has 2 N–H and O–H groups in total. The van der Waals surface area contributed by atoms with Crippen LogP contribution in [0.25, 0.3) is 0 Å². The summed E-state index contributed by atoms with van der Waals surface area (Å²) in [5.74, 6) is 1.20. The lowest BCUT2D eigenvalue weighted by atomic mass is 10.2. The average Bonchev–Trinajstić information content (AvgIpc) is 2.55. The summed E-state index contributed by atoms with van der Waals surface area (Å²) in [6.45, 7) is 0. The third kappa shape index (κ3) is 4.30. The molecular weight excluding hydrogens is 318 g/mol. The van der Waals surface area contributed by atoms with Crippen LogP contribution in [-0.4, -0.2) is 24.3 Å². The van der Waals surface area contributed by atoms with Gasteiger partial charge in [-0.05, 0) is 36.5 Å². The molecule has 0 unspecified atom stereocenters. The highest BCUT2D eigenvalue weighted by Crippen LogP contribution is 2.29. The standard InChI is InChI=1S/C15H15N3O4S/c1-21-13-8-5-11(9-14(13)22-2)17-15(23)16-10-3-6-12(7-4-10)18(19)20/h3-9H,1-2H3,(H2,16,17,23). The molecule has 0 atom stereocenters. The van der Waals surface area contributed by atoms with E-state index in [1.807, 2.05) is 0 Å². The van der Waals surface area contributed by atoms with E-state index in [-0.39, 0.29) is 5.69 Å². The average molecular weight is 333 g/mol. The van der Waals surface area contributed by atoms with Gasteiger partial charge in [0.25, 0.3) is 5.69 Å². The normalized spacial score (nSPS) is 9.83. The van der Waals surface area contributed by atoms with Gasteiger partial charge in [-0.25, -0.2) is 0 Å². The van der Waals surface area contributed by atoms with Crippen molar-refractivity contribution in [1.82, 2.24) is 0 Å². The Hall–Kier alpha value is -2.87. The van der Waals surface area contributed by atoms with Crippen LogP contribution in [-0.2, 0) is 0 Å². The highest BCUT2D eigenvalue weighted by molar-refractivity contribution is 7.80. The quantitative estimate of drug-likeness (QED) is 0.492. The summed E-state index contributed by atoms with van der Waals surface area (Å²) in [5.41, 5.74) is 1.39. The molecule has 0 heterocycles. The van der Waals surface area contributed by atoms with Gasteiger partial charge in [0.1, 0.15) is 0 Å². The van der Waals surface area contributed by atoms with E-state index in [1.165, 1.54) is 12.1 Å². The van der Waals surface area contributed by atoms with Crippen LogP contribution in [0, 0.1) is 10.1 Å². The van der Waals surface area contributed by atoms with Crippen LogP contribution in [0.5, 0.6) is 11.5 Å². The van der Waals surface area contributed by atoms with Crippen LogP contribution in [0.15, 0.2) is 42.5 Å². The second-order valence-electron chi connectivity index (χ2n) is 4.45. The molecule has 0 saturated carbocycles. The van der Waals surface area contributed by atoms with Gasteiger partial charge in [0.2, 0.25) is 0 Å². The summed E-state index contributed by atoms with van der Waals surface area (Å²) in [6.07, 6.45) is 0. The topological polar surface area (TPSA) is 85.7 Å². The fourth-order valence-electron chi connectivity index (χ4n) is 1.87. The summed E-state index contributed by atoms with van der Waals surface area (Å²) in [7, 11) is 3.11. The molecule has 23 heavy (non-hydrogen) atoms. The van der Waals surface area contributed by atoms with Gasteiger partial charge in [0.15, 0.2) is 16.6 Å². The molecule has 0 fully saturated rings. The number of rotatable bonds is 5. The highest BCUT2D eigenvalue weighted by atomic mass is 32.1. The number of hydrogen-bond acceptors (Lipinski definition) is 5. The minimum absolute atomic E-state index is 0.0225. The van der Waals surface area contributed by atoms with Gasteiger partial charge >= 0.3 is 0 Å². The SMILES string of the molecule is COc1ccc(NC(=S)Nc2ccc([N+](=O)[O-])cc2)cc1OC. The number of anilines is 2. The van der Waals surface area contributed by atoms with Crippen LogP contribution in [0.1, 0.15) is 0 Å². The Morgan fingerprint density at radius 2 is 1.57 bits per heavy atom. The Balaban J connectivity index is 2.03. The summed E-state index contributed by atoms with van der Waals surface area (Å²) in [5, 5.41) is 16.9. The predicted molar refractivity (Wildman–Crippen MR) is 92.5 cm³/mol. The molecule has 0 aliphatic carbocycles. The number of ether oxygens (including phenoxy) is 2. The molecule has 0 aromatic heterocycles. The predicted octanol–water partition coefficient (Wildman–Crippen LogP) is 3.42. The molecule has 8 heteroatoms. The van der Waals surface area contributed by atoms with Crippen molar-refractivity contribution < 1.29 is 14.4 Å². The second kappa shape index (κ2) is 7.41. The lowest BCUT2D eigenvalue weighted by Crippen LogP contribution is -2.19. The molecule has 0 aliphatic heterocycles. The first-order chi connectivity index (χ1) is 11.0. The lowest BCUT2D eigenvalue weighted by Gasteiger charge is -2.13. The molecule has 2 aromatic rings. The molecule has 0 radical (unpaired) electrons. The first-order valence-corrected chi connectivity index (χ1v) is 6.99. The van der Waals surface area contributed by atoms with Crippen LogP contribution in [0.4, 0.5) is 17.1 Å². The number of nitrogens with zero attached hydrogens (tertiary/aromatic N) is 1. The molecule has 0 spiro atoms. The number of nitro groups is 1. The second-order valence-corrected chi connectivity index (χ2v) is 4.86. The van der Waals surface area contributed by atoms with Gasteiger partial charge in [-0.2, -0.15) is 0 Å². The fourth-order valence-corrected chi connectivity index (χ4v) is 2.11. The van der Waals surface area contributed by atoms with Crippen molar-refractivity contribution in [3.8, 4) is 11.5 Å². The molecule has 0 bridgehead atoms. The fraction of sp³-hybridized carbons (Fsp3) is 0.133. The summed E-state index contributed by atoms with van der Waals surface area (Å²) < 4.78 is 10.4. The van der Waals surface area contributed by atoms with E-state index in [4.69, 9.17) is 21.7 Å². The van der Waals surface area contributed by atoms with Gasteiger partial charge in [-0.15, -0.1) is 0 Å². The van der Waals surface area contributed by atoms with Gasteiger partial charge < -0.3 is 20.1 Å². The zero-order chi connectivity index (χ0) is 16.8. The van der Waals surface area contributed by atoms with Crippen LogP contribution < -0.4 is 20.1 Å². The molecule has 0 saturated heterocycles. The number of benzene rings is 2. The zero-order valence-electron chi connectivity index (χ0n) is 12.5. The van der Waals surface area contributed by atoms with Crippen molar-refractivity contribution in [3.63, 3.8) is 0 Å². The third-order valence-electron chi connectivity index (χ3n) is 2.98. The Labute approximate surface area is 138 Å². The summed E-state index contributed by atoms with van der Waals surface area (Å²) in [6, 6.07) is 11.3. The maximum atomic E-state index is 10.6. The number of nitrogens with one attached hydrogen (secondary N) is 2. The van der Waals surface area contributed by atoms with Crippen molar-refractivity contribution in [2.24, 2.45) is 0 Å². The van der Waals surface area contributed by atoms with Gasteiger partial charge in [0.05, 0.1) is 19.1 Å². The Bertz CT molecular complexity index is 719. The summed E-state index contributed by atoms with van der Waals surface area (Å²) in [4.78, 5) is 10.2. The number of non-ortho nitro benzene ring substituents is 1. The van der Waals surface area contributed by atoms with Crippen LogP contribution >= 0.6 is 12.2 Å². The number of hydrogen-bond donors (Lipinski definition) is 2. The van der Waals surface area contributed by atoms with E-state index in [0.29, 0.717) is 22.3 Å². The number of nitro benzene ring substituents is 1. The molecular formula is C15H15N3O4S. The van der Waals surface area contributed by atoms with Crippen molar-refractivity contribution >= 4 is 34.4 Å². The minimum atomic E-state index is -0.454. The Kier molecular flexibility index (Phi) is 5.32. The molecule has 0 amide bonds. The highest BCUT2D eigenvalue weighted by Gasteiger charge is 2.07. The molecule has 0 aliphatic rings. The van der Waals surface area contributed by atoms with Gasteiger partial charge in [0, 0.05) is 29.6 Å². The van der Waals surface area contributed by atoms with Crippen molar-refractivity contribution in [2.45, 2.75) is 0 Å². The van der Waals surface area contributed by atoms with Gasteiger partial charge in [-0.3, -0.25) is 10.1 Å². The van der Waals surface area contributed by atoms with Crippen molar-refractivity contribution in [2.75, 3.05) is 24.9 Å². The maximum absolute atomic E-state index is 10.6. The van der Waals surface area contributed by atoms with Crippen molar-refractivity contribution in [3.05, 3.63) is 52.6 Å². The van der Waals surface area contributed by atoms with Crippen LogP contribution in [0.3, 0.4) is 0 Å². The van der Waals surface area contributed by atoms with E-state index in [0.717, 1.165) is 5.69 Å². The van der Waals surface area contributed by atoms with Crippen molar-refractivity contribution in [1.29, 1.82) is 0 Å². The first kappa shape index (κ1) is 16.5. The number of methoxy groups -OCH3 is 2. The molecule has 7 nitrogen and oxygen atoms in total. The monoisotopic (exact) mass is 333 g/mol. The minimum Gasteiger partial charge on any atom is -0.493 e. The van der Waals surface area contributed by atoms with E-state index in [1.54, 1.807) is 44.6 Å². The maximum Gasteiger partial charge on any atom is 0.269 e. The molecule has 120 valence electrons. The van der Waals surface area contributed by atoms with E-state index in [2.05, 4.69) is 10.6 Å². The third-order valence-corrected chi connectivity index (χ3v) is 3.18.